The highest BCUT2D eigenvalue weighted by atomic mass is 32.2. The lowest BCUT2D eigenvalue weighted by Gasteiger charge is -2.12. The maximum Gasteiger partial charge on any atom is 0.238 e. The largest absolute Gasteiger partial charge is 0.294 e. The van der Waals surface area contributed by atoms with E-state index in [9.17, 15) is 4.79 Å². The third-order valence-electron chi connectivity index (χ3n) is 3.41. The van der Waals surface area contributed by atoms with Crippen LogP contribution in [0.4, 0.5) is 0 Å². The molecule has 0 aromatic heterocycles. The molecule has 3 N–H and O–H groups in total. The Bertz CT molecular complexity index is 403. The Morgan fingerprint density at radius 2 is 1.94 bits per heavy atom. The Balaban J connectivity index is 1.95. The Morgan fingerprint density at radius 3 is 2.61 bits per heavy atom. The Labute approximate surface area is 112 Å². The molecule has 1 amide bonds. The average molecular weight is 264 g/mol. The summed E-state index contributed by atoms with van der Waals surface area (Å²) in [5.74, 6) is 6.01. The van der Waals surface area contributed by atoms with E-state index in [4.69, 9.17) is 5.84 Å². The fraction of sp³-hybridized carbons (Fsp3) is 0.500. The molecule has 4 heteroatoms. The highest BCUT2D eigenvalue weighted by Crippen LogP contribution is 2.32. The Morgan fingerprint density at radius 1 is 1.28 bits per heavy atom. The minimum absolute atomic E-state index is 0.131. The summed E-state index contributed by atoms with van der Waals surface area (Å²) >= 11 is 2.02. The van der Waals surface area contributed by atoms with E-state index in [0.29, 0.717) is 6.42 Å². The van der Waals surface area contributed by atoms with Gasteiger partial charge in [0.05, 0.1) is 6.42 Å². The van der Waals surface area contributed by atoms with E-state index in [1.807, 2.05) is 30.0 Å². The lowest BCUT2D eigenvalue weighted by Crippen LogP contribution is -2.31. The smallest absolute Gasteiger partial charge is 0.238 e. The van der Waals surface area contributed by atoms with Gasteiger partial charge in [0.15, 0.2) is 0 Å². The maximum absolute atomic E-state index is 11.4. The first-order valence-corrected chi connectivity index (χ1v) is 7.52. The summed E-state index contributed by atoms with van der Waals surface area (Å²) < 4.78 is 0. The molecule has 2 rings (SSSR count). The molecule has 0 unspecified atom stereocenters. The molecule has 1 aromatic rings. The number of hydrazine groups is 1. The summed E-state index contributed by atoms with van der Waals surface area (Å²) in [6, 6.07) is 8.14. The van der Waals surface area contributed by atoms with Crippen LogP contribution >= 0.6 is 11.8 Å². The molecule has 3 nitrogen and oxygen atoms in total. The van der Waals surface area contributed by atoms with Crippen LogP contribution in [0.1, 0.15) is 36.8 Å². The van der Waals surface area contributed by atoms with Crippen LogP contribution in [-0.2, 0) is 17.0 Å². The number of thioether (sulfide) groups is 1. The monoisotopic (exact) mass is 264 g/mol. The van der Waals surface area contributed by atoms with E-state index in [1.54, 1.807) is 0 Å². The normalized spacial score (nSPS) is 15.8. The van der Waals surface area contributed by atoms with E-state index in [0.717, 1.165) is 16.6 Å². The van der Waals surface area contributed by atoms with Crippen LogP contribution in [0.25, 0.3) is 0 Å². The highest BCUT2D eigenvalue weighted by molar-refractivity contribution is 7.99. The van der Waals surface area contributed by atoms with Crippen LogP contribution in [0, 0.1) is 0 Å². The van der Waals surface area contributed by atoms with Crippen molar-refractivity contribution in [3.05, 3.63) is 35.4 Å². The van der Waals surface area contributed by atoms with Crippen molar-refractivity contribution >= 4 is 17.7 Å². The van der Waals surface area contributed by atoms with Gasteiger partial charge in [-0.3, -0.25) is 10.2 Å². The van der Waals surface area contributed by atoms with E-state index < -0.39 is 0 Å². The second-order valence-electron chi connectivity index (χ2n) is 4.73. The van der Waals surface area contributed by atoms with E-state index in [-0.39, 0.29) is 5.91 Å². The number of nitrogens with two attached hydrogens (primary N) is 1. The predicted molar refractivity (Wildman–Crippen MR) is 76.0 cm³/mol. The summed E-state index contributed by atoms with van der Waals surface area (Å²) in [6.07, 6.45) is 5.80. The van der Waals surface area contributed by atoms with Gasteiger partial charge in [-0.05, 0) is 24.0 Å². The van der Waals surface area contributed by atoms with Gasteiger partial charge in [0, 0.05) is 11.0 Å². The summed E-state index contributed by atoms with van der Waals surface area (Å²) in [6.45, 7) is 0. The molecule has 0 atom stereocenters. The van der Waals surface area contributed by atoms with E-state index in [1.165, 1.54) is 31.2 Å². The predicted octanol–water partition coefficient (Wildman–Crippen LogP) is 2.39. The summed E-state index contributed by atoms with van der Waals surface area (Å²) in [5.41, 5.74) is 4.54. The lowest BCUT2D eigenvalue weighted by molar-refractivity contribution is -0.120. The molecule has 1 aromatic carbocycles. The number of nitrogens with one attached hydrogen (secondary N) is 1. The van der Waals surface area contributed by atoms with Crippen molar-refractivity contribution in [1.82, 2.24) is 5.43 Å². The van der Waals surface area contributed by atoms with Gasteiger partial charge in [-0.25, -0.2) is 5.84 Å². The first-order chi connectivity index (χ1) is 8.79. The quantitative estimate of drug-likeness (QED) is 0.488. The molecule has 1 aliphatic carbocycles. The van der Waals surface area contributed by atoms with E-state index in [2.05, 4.69) is 11.5 Å². The average Bonchev–Trinajstić information content (AvgIpc) is 2.91. The second kappa shape index (κ2) is 6.81. The summed E-state index contributed by atoms with van der Waals surface area (Å²) in [4.78, 5) is 11.4. The maximum atomic E-state index is 11.4. The van der Waals surface area contributed by atoms with Gasteiger partial charge in [0.1, 0.15) is 0 Å². The molecular weight excluding hydrogens is 244 g/mol. The molecule has 0 aliphatic heterocycles. The zero-order chi connectivity index (χ0) is 12.8. The Hall–Kier alpha value is -1.00. The van der Waals surface area contributed by atoms with Gasteiger partial charge < -0.3 is 0 Å². The molecule has 1 aliphatic rings. The third-order valence-corrected chi connectivity index (χ3v) is 4.83. The standard InChI is InChI=1S/C14H20N2OS/c15-16-14(17)9-11-5-1-2-6-12(11)10-18-13-7-3-4-8-13/h1-2,5-6,13H,3-4,7-10,15H2,(H,16,17). The van der Waals surface area contributed by atoms with E-state index >= 15 is 0 Å². The molecule has 18 heavy (non-hydrogen) atoms. The van der Waals surface area contributed by atoms with Crippen molar-refractivity contribution in [2.75, 3.05) is 0 Å². The van der Waals surface area contributed by atoms with Gasteiger partial charge in [0.25, 0.3) is 0 Å². The second-order valence-corrected chi connectivity index (χ2v) is 6.02. The van der Waals surface area contributed by atoms with Gasteiger partial charge in [-0.15, -0.1) is 0 Å². The number of hydrogen-bond donors (Lipinski definition) is 2. The van der Waals surface area contributed by atoms with Crippen molar-refractivity contribution in [2.45, 2.75) is 43.1 Å². The van der Waals surface area contributed by atoms with Crippen LogP contribution in [0.15, 0.2) is 24.3 Å². The Kier molecular flexibility index (Phi) is 5.08. The first-order valence-electron chi connectivity index (χ1n) is 6.47. The number of rotatable bonds is 5. The van der Waals surface area contributed by atoms with Crippen molar-refractivity contribution in [3.8, 4) is 0 Å². The van der Waals surface area contributed by atoms with Crippen molar-refractivity contribution in [2.24, 2.45) is 5.84 Å². The molecular formula is C14H20N2OS. The van der Waals surface area contributed by atoms with Crippen LogP contribution < -0.4 is 11.3 Å². The number of amides is 1. The molecule has 1 saturated carbocycles. The minimum atomic E-state index is -0.131. The molecule has 0 saturated heterocycles. The van der Waals surface area contributed by atoms with Crippen molar-refractivity contribution in [3.63, 3.8) is 0 Å². The SMILES string of the molecule is NNC(=O)Cc1ccccc1CSC1CCCC1. The molecule has 1 fully saturated rings. The lowest BCUT2D eigenvalue weighted by atomic mass is 10.1. The van der Waals surface area contributed by atoms with Crippen LogP contribution in [-0.4, -0.2) is 11.2 Å². The third kappa shape index (κ3) is 3.75. The molecule has 0 heterocycles. The number of carbonyl (C=O) groups is 1. The fourth-order valence-electron chi connectivity index (χ4n) is 2.36. The molecule has 0 spiro atoms. The highest BCUT2D eigenvalue weighted by Gasteiger charge is 2.16. The van der Waals surface area contributed by atoms with Gasteiger partial charge in [-0.1, -0.05) is 37.1 Å². The first kappa shape index (κ1) is 13.4. The zero-order valence-corrected chi connectivity index (χ0v) is 11.3. The van der Waals surface area contributed by atoms with Gasteiger partial charge >= 0.3 is 0 Å². The van der Waals surface area contributed by atoms with Gasteiger partial charge in [0.2, 0.25) is 5.91 Å². The number of carbonyl (C=O) groups excluding carboxylic acids is 1. The molecule has 0 bridgehead atoms. The topological polar surface area (TPSA) is 55.1 Å². The van der Waals surface area contributed by atoms with Crippen molar-refractivity contribution < 1.29 is 4.79 Å². The summed E-state index contributed by atoms with van der Waals surface area (Å²) in [7, 11) is 0. The van der Waals surface area contributed by atoms with Crippen LogP contribution in [0.2, 0.25) is 0 Å². The number of hydrogen-bond acceptors (Lipinski definition) is 3. The van der Waals surface area contributed by atoms with Crippen LogP contribution in [0.5, 0.6) is 0 Å². The van der Waals surface area contributed by atoms with Crippen molar-refractivity contribution in [1.29, 1.82) is 0 Å². The molecule has 0 radical (unpaired) electrons. The minimum Gasteiger partial charge on any atom is -0.294 e. The van der Waals surface area contributed by atoms with Gasteiger partial charge in [-0.2, -0.15) is 11.8 Å². The number of benzene rings is 1. The molecule has 98 valence electrons. The fourth-order valence-corrected chi connectivity index (χ4v) is 3.72. The summed E-state index contributed by atoms with van der Waals surface area (Å²) in [5, 5.41) is 0.807. The van der Waals surface area contributed by atoms with Crippen LogP contribution in [0.3, 0.4) is 0 Å². The zero-order valence-electron chi connectivity index (χ0n) is 10.5.